The van der Waals surface area contributed by atoms with E-state index in [1.54, 1.807) is 0 Å². The number of hydrogen-bond acceptors (Lipinski definition) is 2. The quantitative estimate of drug-likeness (QED) is 0.582. The number of esters is 1. The molecule has 0 atom stereocenters. The Morgan fingerprint density at radius 2 is 2.18 bits per heavy atom. The molecule has 64 valence electrons. The van der Waals surface area contributed by atoms with Crippen molar-refractivity contribution >= 4 is 5.97 Å². The van der Waals surface area contributed by atoms with Gasteiger partial charge in [-0.15, -0.1) is 0 Å². The highest BCUT2D eigenvalue weighted by Crippen LogP contribution is 2.30. The first-order valence-corrected chi connectivity index (χ1v) is 4.37. The highest BCUT2D eigenvalue weighted by Gasteiger charge is 2.30. The Labute approximate surface area is 67.9 Å². The second kappa shape index (κ2) is 3.74. The van der Waals surface area contributed by atoms with Crippen LogP contribution >= 0.6 is 0 Å². The molecule has 2 heteroatoms. The Bertz CT molecular complexity index is 136. The van der Waals surface area contributed by atoms with E-state index in [-0.39, 0.29) is 11.9 Å². The van der Waals surface area contributed by atoms with Gasteiger partial charge in [-0.25, -0.2) is 0 Å². The van der Waals surface area contributed by atoms with Crippen LogP contribution in [-0.2, 0) is 9.53 Å². The van der Waals surface area contributed by atoms with Crippen molar-refractivity contribution in [2.75, 3.05) is 6.61 Å². The van der Waals surface area contributed by atoms with Gasteiger partial charge in [-0.05, 0) is 25.2 Å². The lowest BCUT2D eigenvalue weighted by Gasteiger charge is -2.05. The third-order valence-corrected chi connectivity index (χ3v) is 1.85. The monoisotopic (exact) mass is 156 g/mol. The summed E-state index contributed by atoms with van der Waals surface area (Å²) in [5.74, 6) is 0.898. The molecule has 0 spiro atoms. The first-order valence-electron chi connectivity index (χ1n) is 4.37. The average Bonchev–Trinajstić information content (AvgIpc) is 2.66. The van der Waals surface area contributed by atoms with E-state index in [1.165, 1.54) is 0 Å². The van der Waals surface area contributed by atoms with Gasteiger partial charge in [-0.3, -0.25) is 4.79 Å². The van der Waals surface area contributed by atoms with Crippen LogP contribution in [0.2, 0.25) is 0 Å². The van der Waals surface area contributed by atoms with Crippen LogP contribution in [0.15, 0.2) is 0 Å². The Kier molecular flexibility index (Phi) is 2.92. The summed E-state index contributed by atoms with van der Waals surface area (Å²) in [4.78, 5) is 11.0. The summed E-state index contributed by atoms with van der Waals surface area (Å²) < 4.78 is 5.04. The van der Waals surface area contributed by atoms with Gasteiger partial charge in [-0.2, -0.15) is 0 Å². The predicted octanol–water partition coefficient (Wildman–Crippen LogP) is 1.99. The zero-order chi connectivity index (χ0) is 8.27. The highest BCUT2D eigenvalue weighted by atomic mass is 16.5. The lowest BCUT2D eigenvalue weighted by atomic mass is 10.1. The van der Waals surface area contributed by atoms with E-state index in [2.05, 4.69) is 13.8 Å². The highest BCUT2D eigenvalue weighted by molar-refractivity contribution is 5.74. The molecule has 0 amide bonds. The minimum atomic E-state index is 0.0191. The summed E-state index contributed by atoms with van der Waals surface area (Å²) in [6, 6.07) is 0. The van der Waals surface area contributed by atoms with Gasteiger partial charge in [0.05, 0.1) is 12.5 Å². The third-order valence-electron chi connectivity index (χ3n) is 1.85. The first-order chi connectivity index (χ1) is 5.20. The molecule has 1 aliphatic rings. The fourth-order valence-electron chi connectivity index (χ4n) is 0.832. The normalized spacial score (nSPS) is 17.0. The molecule has 0 unspecified atom stereocenters. The second-order valence-corrected chi connectivity index (χ2v) is 3.62. The van der Waals surface area contributed by atoms with Gasteiger partial charge in [0.15, 0.2) is 0 Å². The van der Waals surface area contributed by atoms with Crippen LogP contribution in [0.3, 0.4) is 0 Å². The van der Waals surface area contributed by atoms with Gasteiger partial charge in [0.2, 0.25) is 0 Å². The van der Waals surface area contributed by atoms with Crippen LogP contribution in [0.25, 0.3) is 0 Å². The molecular formula is C9H16O2. The maximum absolute atomic E-state index is 11.0. The van der Waals surface area contributed by atoms with Crippen LogP contribution < -0.4 is 0 Å². The van der Waals surface area contributed by atoms with Gasteiger partial charge in [0.25, 0.3) is 0 Å². The third kappa shape index (κ3) is 3.40. The van der Waals surface area contributed by atoms with E-state index in [1.807, 2.05) is 0 Å². The molecule has 0 aromatic carbocycles. The maximum atomic E-state index is 11.0. The Morgan fingerprint density at radius 1 is 1.55 bits per heavy atom. The lowest BCUT2D eigenvalue weighted by molar-refractivity contribution is -0.145. The summed E-state index contributed by atoms with van der Waals surface area (Å²) in [7, 11) is 0. The molecule has 11 heavy (non-hydrogen) atoms. The molecule has 0 aliphatic heterocycles. The van der Waals surface area contributed by atoms with Crippen molar-refractivity contribution < 1.29 is 9.53 Å². The molecule has 1 rings (SSSR count). The van der Waals surface area contributed by atoms with E-state index >= 15 is 0 Å². The van der Waals surface area contributed by atoms with E-state index in [9.17, 15) is 4.79 Å². The summed E-state index contributed by atoms with van der Waals surface area (Å²) in [6.07, 6.45) is 3.07. The number of carbonyl (C=O) groups excluding carboxylic acids is 1. The smallest absolute Gasteiger partial charge is 0.308 e. The molecule has 2 nitrogen and oxygen atoms in total. The largest absolute Gasteiger partial charge is 0.465 e. The van der Waals surface area contributed by atoms with Crippen molar-refractivity contribution in [3.8, 4) is 0 Å². The van der Waals surface area contributed by atoms with Crippen LogP contribution in [0.1, 0.15) is 33.1 Å². The van der Waals surface area contributed by atoms with Crippen LogP contribution in [0.5, 0.6) is 0 Å². The average molecular weight is 156 g/mol. The van der Waals surface area contributed by atoms with Crippen molar-refractivity contribution in [2.45, 2.75) is 33.1 Å². The lowest BCUT2D eigenvalue weighted by Crippen LogP contribution is -2.08. The molecule has 1 saturated carbocycles. The van der Waals surface area contributed by atoms with Crippen molar-refractivity contribution in [3.05, 3.63) is 0 Å². The summed E-state index contributed by atoms with van der Waals surface area (Å²) >= 11 is 0. The van der Waals surface area contributed by atoms with Crippen LogP contribution in [-0.4, -0.2) is 12.6 Å². The van der Waals surface area contributed by atoms with Gasteiger partial charge in [0, 0.05) is 0 Å². The minimum absolute atomic E-state index is 0.0191. The Balaban J connectivity index is 1.97. The van der Waals surface area contributed by atoms with Crippen LogP contribution in [0.4, 0.5) is 0 Å². The van der Waals surface area contributed by atoms with Gasteiger partial charge >= 0.3 is 5.97 Å². The van der Waals surface area contributed by atoms with E-state index < -0.39 is 0 Å². The van der Waals surface area contributed by atoms with Crippen molar-refractivity contribution in [1.29, 1.82) is 0 Å². The van der Waals surface area contributed by atoms with Crippen molar-refractivity contribution in [1.82, 2.24) is 0 Å². The molecule has 1 fully saturated rings. The van der Waals surface area contributed by atoms with Crippen LogP contribution in [0, 0.1) is 11.8 Å². The van der Waals surface area contributed by atoms with Crippen molar-refractivity contribution in [2.24, 2.45) is 11.8 Å². The van der Waals surface area contributed by atoms with Gasteiger partial charge < -0.3 is 4.74 Å². The van der Waals surface area contributed by atoms with Gasteiger partial charge in [-0.1, -0.05) is 13.8 Å². The molecule has 0 aromatic heterocycles. The molecule has 0 radical (unpaired) electrons. The van der Waals surface area contributed by atoms with Gasteiger partial charge in [0.1, 0.15) is 0 Å². The Hall–Kier alpha value is -0.530. The summed E-state index contributed by atoms with van der Waals surface area (Å²) in [6.45, 7) is 4.86. The van der Waals surface area contributed by atoms with E-state index in [0.717, 1.165) is 19.3 Å². The fourth-order valence-corrected chi connectivity index (χ4v) is 0.832. The number of hydrogen-bond donors (Lipinski definition) is 0. The molecule has 1 aliphatic carbocycles. The topological polar surface area (TPSA) is 26.3 Å². The predicted molar refractivity (Wildman–Crippen MR) is 43.1 cm³/mol. The molecule has 0 N–H and O–H groups in total. The van der Waals surface area contributed by atoms with E-state index in [0.29, 0.717) is 12.5 Å². The number of rotatable bonds is 4. The molecule has 0 saturated heterocycles. The SMILES string of the molecule is CC(C)CCOC(=O)C1CC1. The summed E-state index contributed by atoms with van der Waals surface area (Å²) in [5, 5.41) is 0. The van der Waals surface area contributed by atoms with E-state index in [4.69, 9.17) is 4.74 Å². The second-order valence-electron chi connectivity index (χ2n) is 3.62. The number of carbonyl (C=O) groups is 1. The zero-order valence-corrected chi connectivity index (χ0v) is 7.30. The summed E-state index contributed by atoms with van der Waals surface area (Å²) in [5.41, 5.74) is 0. The molecule has 0 heterocycles. The molecular weight excluding hydrogens is 140 g/mol. The molecule has 0 aromatic rings. The minimum Gasteiger partial charge on any atom is -0.465 e. The fraction of sp³-hybridized carbons (Fsp3) is 0.889. The Morgan fingerprint density at radius 3 is 2.64 bits per heavy atom. The molecule has 0 bridgehead atoms. The number of ether oxygens (including phenoxy) is 1. The van der Waals surface area contributed by atoms with Crippen molar-refractivity contribution in [3.63, 3.8) is 0 Å². The zero-order valence-electron chi connectivity index (χ0n) is 7.30. The maximum Gasteiger partial charge on any atom is 0.308 e. The first kappa shape index (κ1) is 8.57. The standard InChI is InChI=1S/C9H16O2/c1-7(2)5-6-11-9(10)8-3-4-8/h7-8H,3-6H2,1-2H3.